The lowest BCUT2D eigenvalue weighted by atomic mass is 10.2. The first-order chi connectivity index (χ1) is 11.4. The van der Waals surface area contributed by atoms with E-state index in [9.17, 15) is 0 Å². The van der Waals surface area contributed by atoms with Gasteiger partial charge in [-0.2, -0.15) is 0 Å². The van der Waals surface area contributed by atoms with Gasteiger partial charge in [0.2, 0.25) is 9.13 Å². The molecule has 2 nitrogen and oxygen atoms in total. The highest BCUT2D eigenvalue weighted by molar-refractivity contribution is 8.32. The molecule has 4 rings (SSSR count). The van der Waals surface area contributed by atoms with Gasteiger partial charge >= 0.3 is 0 Å². The van der Waals surface area contributed by atoms with Crippen LogP contribution < -0.4 is 4.74 Å². The zero-order valence-corrected chi connectivity index (χ0v) is 15.7. The van der Waals surface area contributed by atoms with Crippen molar-refractivity contribution in [1.29, 1.82) is 0 Å². The minimum Gasteiger partial charge on any atom is -0.486 e. The highest BCUT2D eigenvalue weighted by atomic mass is 32.2. The van der Waals surface area contributed by atoms with Gasteiger partial charge in [-0.05, 0) is 47.6 Å². The third-order valence-corrected chi connectivity index (χ3v) is 9.83. The first-order valence-corrected chi connectivity index (χ1v) is 11.5. The van der Waals surface area contributed by atoms with Gasteiger partial charge in [0.15, 0.2) is 5.75 Å². The normalized spacial score (nSPS) is 26.4. The third-order valence-electron chi connectivity index (χ3n) is 3.67. The molecule has 3 aliphatic rings. The Balaban J connectivity index is 1.55. The standard InChI is InChI=1S/C17H17O2S4/c1-2-6-15(14(5-1)19-12-13-4-3-7-18-13)23-11-10-22-17(23)16-20-8-9-21-16/h1-2,5-6,8-11,13H,3-4,7,12H2/q+1. The molecule has 0 bridgehead atoms. The molecule has 0 radical (unpaired) electrons. The van der Waals surface area contributed by atoms with E-state index in [1.807, 2.05) is 35.3 Å². The molecule has 0 spiro atoms. The second-order valence-electron chi connectivity index (χ2n) is 5.20. The monoisotopic (exact) mass is 381 g/mol. The quantitative estimate of drug-likeness (QED) is 0.638. The molecule has 0 aromatic heterocycles. The van der Waals surface area contributed by atoms with E-state index in [1.54, 1.807) is 0 Å². The molecule has 0 amide bonds. The lowest BCUT2D eigenvalue weighted by molar-refractivity contribution is 0.0670. The summed E-state index contributed by atoms with van der Waals surface area (Å²) >= 11 is 5.49. The van der Waals surface area contributed by atoms with E-state index < -0.39 is 0 Å². The van der Waals surface area contributed by atoms with Crippen LogP contribution in [0, 0.1) is 0 Å². The van der Waals surface area contributed by atoms with Crippen LogP contribution in [0.2, 0.25) is 0 Å². The first-order valence-electron chi connectivity index (χ1n) is 7.54. The van der Waals surface area contributed by atoms with Crippen LogP contribution in [-0.2, 0) is 15.6 Å². The van der Waals surface area contributed by atoms with Crippen LogP contribution in [0.5, 0.6) is 5.75 Å². The molecule has 1 aromatic rings. The number of ether oxygens (including phenoxy) is 2. The van der Waals surface area contributed by atoms with Crippen molar-refractivity contribution in [3.8, 4) is 5.75 Å². The molecule has 120 valence electrons. The van der Waals surface area contributed by atoms with Crippen molar-refractivity contribution in [2.24, 2.45) is 0 Å². The smallest absolute Gasteiger partial charge is 0.224 e. The molecule has 0 N–H and O–H groups in total. The number of para-hydroxylation sites is 1. The van der Waals surface area contributed by atoms with Crippen molar-refractivity contribution < 1.29 is 9.47 Å². The SMILES string of the molecule is C1=CSC(=C2SC=C[S+]2c2ccccc2OCC2CCCO2)S1. The summed E-state index contributed by atoms with van der Waals surface area (Å²) in [6.45, 7) is 1.53. The van der Waals surface area contributed by atoms with Crippen molar-refractivity contribution in [2.75, 3.05) is 13.2 Å². The van der Waals surface area contributed by atoms with Crippen LogP contribution >= 0.6 is 35.3 Å². The summed E-state index contributed by atoms with van der Waals surface area (Å²) < 4.78 is 14.7. The van der Waals surface area contributed by atoms with Crippen LogP contribution in [0.1, 0.15) is 12.8 Å². The van der Waals surface area contributed by atoms with Crippen molar-refractivity contribution in [3.63, 3.8) is 0 Å². The van der Waals surface area contributed by atoms with E-state index in [0.29, 0.717) is 6.61 Å². The summed E-state index contributed by atoms with van der Waals surface area (Å²) in [5.74, 6) is 0.998. The maximum Gasteiger partial charge on any atom is 0.224 e. The molecule has 3 heterocycles. The molecule has 0 saturated carbocycles. The van der Waals surface area contributed by atoms with Crippen molar-refractivity contribution in [2.45, 2.75) is 23.8 Å². The fourth-order valence-corrected chi connectivity index (χ4v) is 8.55. The van der Waals surface area contributed by atoms with E-state index in [1.165, 1.54) is 13.4 Å². The molecule has 1 saturated heterocycles. The van der Waals surface area contributed by atoms with Gasteiger partial charge in [-0.15, -0.1) is 0 Å². The Morgan fingerprint density at radius 2 is 2.00 bits per heavy atom. The predicted octanol–water partition coefficient (Wildman–Crippen LogP) is 5.52. The molecule has 1 fully saturated rings. The molecule has 3 aliphatic heterocycles. The Kier molecular flexibility index (Phi) is 5.36. The third kappa shape index (κ3) is 3.66. The predicted molar refractivity (Wildman–Crippen MR) is 105 cm³/mol. The zero-order valence-electron chi connectivity index (χ0n) is 12.5. The molecular weight excluding hydrogens is 364 g/mol. The Hall–Kier alpha value is -0.400. The lowest BCUT2D eigenvalue weighted by Gasteiger charge is -2.13. The molecule has 6 heteroatoms. The van der Waals surface area contributed by atoms with Gasteiger partial charge in [0, 0.05) is 12.0 Å². The minimum absolute atomic E-state index is 0.0183. The highest BCUT2D eigenvalue weighted by Gasteiger charge is 2.37. The number of benzene rings is 1. The minimum atomic E-state index is -0.0183. The highest BCUT2D eigenvalue weighted by Crippen LogP contribution is 2.51. The number of thioether (sulfide) groups is 3. The Morgan fingerprint density at radius 1 is 1.13 bits per heavy atom. The van der Waals surface area contributed by atoms with E-state index in [0.717, 1.165) is 25.2 Å². The Morgan fingerprint density at radius 3 is 2.83 bits per heavy atom. The van der Waals surface area contributed by atoms with Crippen LogP contribution in [0.15, 0.2) is 59.3 Å². The molecule has 1 aromatic carbocycles. The lowest BCUT2D eigenvalue weighted by Crippen LogP contribution is -2.17. The van der Waals surface area contributed by atoms with Gasteiger partial charge in [0.05, 0.1) is 6.10 Å². The van der Waals surface area contributed by atoms with Gasteiger partial charge in [0.25, 0.3) is 0 Å². The van der Waals surface area contributed by atoms with E-state index in [-0.39, 0.29) is 17.0 Å². The number of hydrogen-bond acceptors (Lipinski definition) is 5. The molecule has 2 atom stereocenters. The maximum atomic E-state index is 6.13. The van der Waals surface area contributed by atoms with E-state index >= 15 is 0 Å². The van der Waals surface area contributed by atoms with Gasteiger partial charge in [-0.1, -0.05) is 35.7 Å². The average molecular weight is 382 g/mol. The van der Waals surface area contributed by atoms with Gasteiger partial charge in [0.1, 0.15) is 27.1 Å². The molecule has 23 heavy (non-hydrogen) atoms. The van der Waals surface area contributed by atoms with Crippen molar-refractivity contribution in [1.82, 2.24) is 0 Å². The molecular formula is C17H17O2S4+. The largest absolute Gasteiger partial charge is 0.486 e. The van der Waals surface area contributed by atoms with E-state index in [4.69, 9.17) is 9.47 Å². The average Bonchev–Trinajstić information content (AvgIpc) is 3.34. The van der Waals surface area contributed by atoms with E-state index in [2.05, 4.69) is 45.9 Å². The molecule has 0 aliphatic carbocycles. The van der Waals surface area contributed by atoms with Gasteiger partial charge in [-0.3, -0.25) is 0 Å². The summed E-state index contributed by atoms with van der Waals surface area (Å²) in [5, 5.41) is 8.84. The summed E-state index contributed by atoms with van der Waals surface area (Å²) in [6.07, 6.45) is 2.51. The number of rotatable bonds is 4. The van der Waals surface area contributed by atoms with Gasteiger partial charge in [-0.25, -0.2) is 0 Å². The topological polar surface area (TPSA) is 18.5 Å². The van der Waals surface area contributed by atoms with Crippen molar-refractivity contribution in [3.05, 3.63) is 54.4 Å². The fraction of sp³-hybridized carbons (Fsp3) is 0.294. The summed E-state index contributed by atoms with van der Waals surface area (Å²) in [4.78, 5) is 1.28. The van der Waals surface area contributed by atoms with Gasteiger partial charge < -0.3 is 9.47 Å². The maximum absolute atomic E-state index is 6.13. The van der Waals surface area contributed by atoms with Crippen molar-refractivity contribution >= 4 is 46.2 Å². The fourth-order valence-electron chi connectivity index (χ4n) is 2.58. The summed E-state index contributed by atoms with van der Waals surface area (Å²) in [5.41, 5.74) is 0. The number of hydrogen-bond donors (Lipinski definition) is 0. The summed E-state index contributed by atoms with van der Waals surface area (Å²) in [6, 6.07) is 8.44. The van der Waals surface area contributed by atoms with Crippen LogP contribution in [0.25, 0.3) is 0 Å². The Bertz CT molecular complexity index is 652. The second kappa shape index (κ2) is 7.66. The first kappa shape index (κ1) is 16.1. The molecule has 2 unspecified atom stereocenters. The second-order valence-corrected chi connectivity index (χ2v) is 10.3. The van der Waals surface area contributed by atoms with Crippen LogP contribution in [-0.4, -0.2) is 19.3 Å². The Labute approximate surface area is 152 Å². The summed E-state index contributed by atoms with van der Waals surface area (Å²) in [7, 11) is -0.0183. The van der Waals surface area contributed by atoms with Crippen LogP contribution in [0.4, 0.5) is 0 Å². The van der Waals surface area contributed by atoms with Crippen LogP contribution in [0.3, 0.4) is 0 Å². The zero-order chi connectivity index (χ0) is 15.5.